The zero-order valence-electron chi connectivity index (χ0n) is 18.9. The standard InChI is InChI=1S/C23H30FN7O/c1-17-12-26-22(28-19-5-8-25-20(11-19)32-10-9-30(2)3)29-21(17)18-13-27-31(14-18)16-23(15-24)6-4-7-23/h5,8,11-14H,4,6-7,9-10,15-16H2,1-3H3,(H,25,26,28,29). The zero-order chi connectivity index (χ0) is 22.6. The highest BCUT2D eigenvalue weighted by atomic mass is 19.1. The Bertz CT molecular complexity index is 1040. The topological polar surface area (TPSA) is 81.0 Å². The number of nitrogens with zero attached hydrogens (tertiary/aromatic N) is 6. The molecule has 0 saturated heterocycles. The normalized spacial score (nSPS) is 14.9. The Balaban J connectivity index is 1.47. The number of hydrogen-bond donors (Lipinski definition) is 1. The van der Waals surface area contributed by atoms with E-state index in [0.29, 0.717) is 25.0 Å². The van der Waals surface area contributed by atoms with Gasteiger partial charge in [-0.05, 0) is 45.5 Å². The molecule has 1 saturated carbocycles. The van der Waals surface area contributed by atoms with Crippen LogP contribution in [0.2, 0.25) is 0 Å². The third-order valence-electron chi connectivity index (χ3n) is 5.85. The molecule has 32 heavy (non-hydrogen) atoms. The van der Waals surface area contributed by atoms with Crippen LogP contribution in [0.25, 0.3) is 11.3 Å². The van der Waals surface area contributed by atoms with Gasteiger partial charge in [-0.25, -0.2) is 15.0 Å². The van der Waals surface area contributed by atoms with Gasteiger partial charge in [0.25, 0.3) is 0 Å². The summed E-state index contributed by atoms with van der Waals surface area (Å²) >= 11 is 0. The molecule has 0 spiro atoms. The highest BCUT2D eigenvalue weighted by Gasteiger charge is 2.37. The Morgan fingerprint density at radius 1 is 1.25 bits per heavy atom. The number of nitrogens with one attached hydrogen (secondary N) is 1. The molecule has 4 rings (SSSR count). The van der Waals surface area contributed by atoms with Gasteiger partial charge in [-0.3, -0.25) is 9.07 Å². The first kappa shape index (κ1) is 22.1. The number of pyridine rings is 1. The summed E-state index contributed by atoms with van der Waals surface area (Å²) in [5.41, 5.74) is 3.18. The number of alkyl halides is 1. The number of aromatic nitrogens is 5. The van der Waals surface area contributed by atoms with Gasteiger partial charge in [-0.2, -0.15) is 5.10 Å². The molecule has 9 heteroatoms. The fraction of sp³-hybridized carbons (Fsp3) is 0.478. The lowest BCUT2D eigenvalue weighted by molar-refractivity contribution is 0.0648. The Hall–Kier alpha value is -3.07. The van der Waals surface area contributed by atoms with Crippen molar-refractivity contribution in [3.63, 3.8) is 0 Å². The van der Waals surface area contributed by atoms with Gasteiger partial charge in [0.2, 0.25) is 11.8 Å². The zero-order valence-corrected chi connectivity index (χ0v) is 18.9. The molecule has 170 valence electrons. The molecule has 0 radical (unpaired) electrons. The molecular weight excluding hydrogens is 409 g/mol. The van der Waals surface area contributed by atoms with E-state index in [2.05, 4.69) is 25.3 Å². The minimum atomic E-state index is -0.296. The molecule has 1 aliphatic rings. The minimum Gasteiger partial charge on any atom is -0.476 e. The van der Waals surface area contributed by atoms with Crippen molar-refractivity contribution in [2.45, 2.75) is 32.7 Å². The number of hydrogen-bond acceptors (Lipinski definition) is 7. The molecular formula is C23H30FN7O. The Kier molecular flexibility index (Phi) is 6.64. The summed E-state index contributed by atoms with van der Waals surface area (Å²) in [6, 6.07) is 3.67. The van der Waals surface area contributed by atoms with Crippen LogP contribution in [0.3, 0.4) is 0 Å². The molecule has 0 unspecified atom stereocenters. The molecule has 3 heterocycles. The number of anilines is 2. The average Bonchev–Trinajstić information content (AvgIpc) is 3.20. The van der Waals surface area contributed by atoms with Crippen LogP contribution in [0.1, 0.15) is 24.8 Å². The predicted octanol–water partition coefficient (Wildman–Crippen LogP) is 3.87. The van der Waals surface area contributed by atoms with Crippen molar-refractivity contribution < 1.29 is 9.13 Å². The van der Waals surface area contributed by atoms with Gasteiger partial charge in [-0.1, -0.05) is 6.42 Å². The Morgan fingerprint density at radius 3 is 2.81 bits per heavy atom. The van der Waals surface area contributed by atoms with Crippen LogP contribution in [0, 0.1) is 12.3 Å². The van der Waals surface area contributed by atoms with E-state index in [1.807, 2.05) is 44.0 Å². The van der Waals surface area contributed by atoms with E-state index in [1.54, 1.807) is 18.6 Å². The second-order valence-electron chi connectivity index (χ2n) is 8.80. The summed E-state index contributed by atoms with van der Waals surface area (Å²) in [7, 11) is 3.99. The van der Waals surface area contributed by atoms with Crippen LogP contribution in [0.15, 0.2) is 36.9 Å². The molecule has 0 aliphatic heterocycles. The number of halogens is 1. The van der Waals surface area contributed by atoms with Crippen molar-refractivity contribution in [3.8, 4) is 17.1 Å². The predicted molar refractivity (Wildman–Crippen MR) is 122 cm³/mol. The summed E-state index contributed by atoms with van der Waals surface area (Å²) in [5, 5.41) is 7.68. The SMILES string of the molecule is Cc1cnc(Nc2ccnc(OCCN(C)C)c2)nc1-c1cnn(CC2(CF)CCC2)c1. The smallest absolute Gasteiger partial charge is 0.227 e. The van der Waals surface area contributed by atoms with Crippen molar-refractivity contribution in [2.75, 3.05) is 39.2 Å². The van der Waals surface area contributed by atoms with Crippen molar-refractivity contribution in [2.24, 2.45) is 5.41 Å². The molecule has 0 amide bonds. The first-order chi connectivity index (χ1) is 15.5. The third kappa shape index (κ3) is 5.21. The molecule has 1 aliphatic carbocycles. The summed E-state index contributed by atoms with van der Waals surface area (Å²) in [6.45, 7) is 3.64. The Morgan fingerprint density at radius 2 is 2.09 bits per heavy atom. The van der Waals surface area contributed by atoms with Crippen LogP contribution in [-0.4, -0.2) is 63.6 Å². The molecule has 3 aromatic rings. The first-order valence-electron chi connectivity index (χ1n) is 10.9. The number of ether oxygens (including phenoxy) is 1. The number of likely N-dealkylation sites (N-methyl/N-ethyl adjacent to an activating group) is 1. The Labute approximate surface area is 187 Å². The van der Waals surface area contributed by atoms with E-state index < -0.39 is 0 Å². The highest BCUT2D eigenvalue weighted by Crippen LogP contribution is 2.42. The van der Waals surface area contributed by atoms with Gasteiger partial charge in [0.15, 0.2) is 0 Å². The minimum absolute atomic E-state index is 0.246. The number of aryl methyl sites for hydroxylation is 1. The van der Waals surface area contributed by atoms with E-state index in [0.717, 1.165) is 48.3 Å². The van der Waals surface area contributed by atoms with Gasteiger partial charge in [0.05, 0.1) is 18.6 Å². The fourth-order valence-corrected chi connectivity index (χ4v) is 3.75. The van der Waals surface area contributed by atoms with Crippen molar-refractivity contribution in [1.82, 2.24) is 29.6 Å². The molecule has 0 aromatic carbocycles. The quantitative estimate of drug-likeness (QED) is 0.514. The third-order valence-corrected chi connectivity index (χ3v) is 5.85. The van der Waals surface area contributed by atoms with Gasteiger partial charge < -0.3 is 15.0 Å². The van der Waals surface area contributed by atoms with Crippen LogP contribution in [0.4, 0.5) is 16.0 Å². The van der Waals surface area contributed by atoms with Crippen LogP contribution in [0.5, 0.6) is 5.88 Å². The summed E-state index contributed by atoms with van der Waals surface area (Å²) in [5.74, 6) is 1.02. The molecule has 3 aromatic heterocycles. The van der Waals surface area contributed by atoms with E-state index in [1.165, 1.54) is 0 Å². The largest absolute Gasteiger partial charge is 0.476 e. The second-order valence-corrected chi connectivity index (χ2v) is 8.80. The molecule has 8 nitrogen and oxygen atoms in total. The van der Waals surface area contributed by atoms with Gasteiger partial charge in [0, 0.05) is 54.4 Å². The molecule has 0 bridgehead atoms. The van der Waals surface area contributed by atoms with Crippen LogP contribution < -0.4 is 10.1 Å². The summed E-state index contributed by atoms with van der Waals surface area (Å²) < 4.78 is 21.0. The summed E-state index contributed by atoms with van der Waals surface area (Å²) in [6.07, 6.45) is 10.1. The highest BCUT2D eigenvalue weighted by molar-refractivity contribution is 5.64. The van der Waals surface area contributed by atoms with E-state index in [-0.39, 0.29) is 12.1 Å². The molecule has 1 N–H and O–H groups in total. The maximum absolute atomic E-state index is 13.5. The molecule has 0 atom stereocenters. The maximum Gasteiger partial charge on any atom is 0.227 e. The van der Waals surface area contributed by atoms with Gasteiger partial charge in [0.1, 0.15) is 6.61 Å². The summed E-state index contributed by atoms with van der Waals surface area (Å²) in [4.78, 5) is 15.4. The molecule has 1 fully saturated rings. The van der Waals surface area contributed by atoms with Gasteiger partial charge in [-0.15, -0.1) is 0 Å². The average molecular weight is 440 g/mol. The van der Waals surface area contributed by atoms with E-state index in [4.69, 9.17) is 9.72 Å². The van der Waals surface area contributed by atoms with Crippen molar-refractivity contribution >= 4 is 11.6 Å². The van der Waals surface area contributed by atoms with Crippen LogP contribution in [-0.2, 0) is 6.54 Å². The number of rotatable bonds is 10. The van der Waals surface area contributed by atoms with E-state index in [9.17, 15) is 4.39 Å². The van der Waals surface area contributed by atoms with Crippen LogP contribution >= 0.6 is 0 Å². The van der Waals surface area contributed by atoms with Crippen molar-refractivity contribution in [1.29, 1.82) is 0 Å². The lowest BCUT2D eigenvalue weighted by Crippen LogP contribution is -2.36. The fourth-order valence-electron chi connectivity index (χ4n) is 3.75. The maximum atomic E-state index is 13.5. The monoisotopic (exact) mass is 439 g/mol. The lowest BCUT2D eigenvalue weighted by Gasteiger charge is -2.39. The van der Waals surface area contributed by atoms with E-state index >= 15 is 0 Å². The second kappa shape index (κ2) is 9.60. The lowest BCUT2D eigenvalue weighted by atomic mass is 9.70. The van der Waals surface area contributed by atoms with Gasteiger partial charge >= 0.3 is 0 Å². The first-order valence-corrected chi connectivity index (χ1v) is 10.9. The van der Waals surface area contributed by atoms with Crippen molar-refractivity contribution in [3.05, 3.63) is 42.5 Å².